The molecule has 582 valence electrons. The Morgan fingerprint density at radius 2 is 0.731 bits per heavy atom. The highest BCUT2D eigenvalue weighted by Gasteiger charge is 2.64. The lowest BCUT2D eigenvalue weighted by Crippen LogP contribution is -2.63. The molecule has 0 aromatic carbocycles. The van der Waals surface area contributed by atoms with Crippen molar-refractivity contribution in [2.24, 2.45) is 122 Å². The van der Waals surface area contributed by atoms with E-state index in [1.807, 2.05) is 41.5 Å². The summed E-state index contributed by atoms with van der Waals surface area (Å²) < 4.78 is 31.6. The van der Waals surface area contributed by atoms with Crippen LogP contribution in [0.3, 0.4) is 0 Å². The summed E-state index contributed by atoms with van der Waals surface area (Å²) >= 11 is 0. The van der Waals surface area contributed by atoms with Crippen molar-refractivity contribution in [3.63, 3.8) is 0 Å². The van der Waals surface area contributed by atoms with E-state index in [0.717, 1.165) is 111 Å². The quantitative estimate of drug-likeness (QED) is 0.0780. The van der Waals surface area contributed by atoms with Gasteiger partial charge in [-0.1, -0.05) is 82.1 Å². The number of carbonyl (C=O) groups is 10. The maximum absolute atomic E-state index is 12.8. The van der Waals surface area contributed by atoms with Crippen LogP contribution < -0.4 is 10.6 Å². The van der Waals surface area contributed by atoms with Crippen molar-refractivity contribution in [2.75, 3.05) is 13.2 Å². The smallest absolute Gasteiger partial charge is 0.347 e. The monoisotopic (exact) mass is 1450 g/mol. The first kappa shape index (κ1) is 82.4. The Morgan fingerprint density at radius 3 is 1.03 bits per heavy atom. The molecule has 2 saturated heterocycles. The molecule has 18 aliphatic rings. The molecule has 2 unspecified atom stereocenters. The van der Waals surface area contributed by atoms with Crippen LogP contribution in [0, 0.1) is 122 Å². The van der Waals surface area contributed by atoms with E-state index in [9.17, 15) is 47.9 Å². The standard InChI is InChI=1S/C19H32O2.C17H27NO2.C17H26O2.C15H21NO2.C10H16O4.C8H10O4/c1-6-18(4,5)17(20)21-19(12(2)3)15-8-13-7-14(10-15)11-16(19)9-13;1-4-16(2,3)14(19)18-15(20)17-8-11-5-12(9-17)7-13(6-11)10-17;1-10(2)16(18)19-17(11(3)4)14-6-12-5-13(8-14)9-15(17)7-12;1-9(2)13(17)16-14(18)15-6-10-3-11(7-15)5-12(4-10)8-15;1-4-10(2,3)9(12)14-7-5-6-13-8(7)11;1-5(2)7(9)12-6-3-4-11-8(6)10/h12-16H,6-11H2,1-5H3;11-13H,4-10H2,1-3H3,(H,18,19,20);11-15H,1,5-9H2,2-4H3;10-12H,1,3-8H2,2H3,(H,16,17,18);7H,4-6H2,1-3H3;6H,1,3-4H2,2H3. The Hall–Kier alpha value is -5.68. The van der Waals surface area contributed by atoms with Gasteiger partial charge in [0, 0.05) is 35.0 Å². The number of nitrogens with one attached hydrogen (secondary N) is 2. The van der Waals surface area contributed by atoms with Crippen LogP contribution in [0.15, 0.2) is 36.5 Å². The molecule has 0 aromatic rings. The fourth-order valence-electron chi connectivity index (χ4n) is 22.5. The van der Waals surface area contributed by atoms with E-state index in [4.69, 9.17) is 23.7 Å². The lowest BCUT2D eigenvalue weighted by molar-refractivity contribution is -0.231. The van der Waals surface area contributed by atoms with E-state index >= 15 is 0 Å². The lowest BCUT2D eigenvalue weighted by atomic mass is 9.47. The third-order valence-corrected chi connectivity index (χ3v) is 28.4. The van der Waals surface area contributed by atoms with E-state index in [-0.39, 0.29) is 74.6 Å². The highest BCUT2D eigenvalue weighted by molar-refractivity contribution is 6.05. The number of carbonyl (C=O) groups excluding carboxylic acids is 10. The summed E-state index contributed by atoms with van der Waals surface area (Å²) in [7, 11) is 0. The molecule has 16 saturated carbocycles. The molecule has 18 nitrogen and oxygen atoms in total. The first-order valence-electron chi connectivity index (χ1n) is 40.5. The number of hydrogen-bond acceptors (Lipinski definition) is 16. The van der Waals surface area contributed by atoms with Crippen molar-refractivity contribution >= 4 is 59.4 Å². The van der Waals surface area contributed by atoms with Gasteiger partial charge in [0.15, 0.2) is 0 Å². The lowest BCUT2D eigenvalue weighted by Gasteiger charge is -2.62. The Balaban J connectivity index is 0.000000146. The van der Waals surface area contributed by atoms with Gasteiger partial charge in [0.1, 0.15) is 11.2 Å². The number of cyclic esters (lactones) is 2. The van der Waals surface area contributed by atoms with Gasteiger partial charge in [0.25, 0.3) is 5.91 Å². The summed E-state index contributed by atoms with van der Waals surface area (Å²) in [4.78, 5) is 118. The predicted molar refractivity (Wildman–Crippen MR) is 396 cm³/mol. The average Bonchev–Trinajstić information content (AvgIpc) is 0.747. The first-order valence-corrected chi connectivity index (χ1v) is 40.5. The van der Waals surface area contributed by atoms with Crippen LogP contribution in [0.5, 0.6) is 0 Å². The summed E-state index contributed by atoms with van der Waals surface area (Å²) in [6.07, 6.45) is 28.9. The zero-order valence-corrected chi connectivity index (χ0v) is 66.6. The Morgan fingerprint density at radius 1 is 0.423 bits per heavy atom. The third-order valence-electron chi connectivity index (χ3n) is 28.4. The van der Waals surface area contributed by atoms with Crippen LogP contribution in [0.2, 0.25) is 0 Å². The van der Waals surface area contributed by atoms with Crippen molar-refractivity contribution < 1.29 is 76.4 Å². The van der Waals surface area contributed by atoms with Gasteiger partial charge >= 0.3 is 35.8 Å². The zero-order valence-electron chi connectivity index (χ0n) is 66.6. The van der Waals surface area contributed by atoms with Crippen LogP contribution >= 0.6 is 0 Å². The second-order valence-electron chi connectivity index (χ2n) is 38.1. The molecule has 0 spiro atoms. The summed E-state index contributed by atoms with van der Waals surface area (Å²) in [5.74, 6) is 8.95. The van der Waals surface area contributed by atoms with Crippen LogP contribution in [0.4, 0.5) is 0 Å². The van der Waals surface area contributed by atoms with Crippen LogP contribution in [0.1, 0.15) is 284 Å². The van der Waals surface area contributed by atoms with Gasteiger partial charge < -0.3 is 28.4 Å². The van der Waals surface area contributed by atoms with E-state index in [1.165, 1.54) is 110 Å². The maximum atomic E-state index is 12.8. The molecule has 2 N–H and O–H groups in total. The second kappa shape index (κ2) is 32.6. The maximum Gasteiger partial charge on any atom is 0.347 e. The van der Waals surface area contributed by atoms with Crippen molar-refractivity contribution in [1.82, 2.24) is 10.6 Å². The minimum atomic E-state index is -0.728. The van der Waals surface area contributed by atoms with E-state index in [0.29, 0.717) is 79.1 Å². The molecule has 16 bridgehead atoms. The summed E-state index contributed by atoms with van der Waals surface area (Å²) in [5.41, 5.74) is -0.914. The molecule has 16 aliphatic carbocycles. The third kappa shape index (κ3) is 17.9. The highest BCUT2D eigenvalue weighted by Crippen LogP contribution is 2.65. The van der Waals surface area contributed by atoms with Gasteiger partial charge in [0.05, 0.1) is 34.9 Å². The van der Waals surface area contributed by atoms with E-state index in [2.05, 4.69) is 69.7 Å². The molecule has 18 heteroatoms. The van der Waals surface area contributed by atoms with Crippen LogP contribution in [0.25, 0.3) is 0 Å². The fourth-order valence-corrected chi connectivity index (χ4v) is 22.5. The number of ether oxygens (including phenoxy) is 6. The SMILES string of the molecule is C=C(C)C(=O)NC(=O)C12CC3CC(CC(C3)C1)C2.C=C(C)C(=O)OC1(C(C)C)C2CC3CC(C2)CC1C3.C=C(C)C(=O)OC1CCOC1=O.CCC(C)(C)C(=O)NC(=O)C12CC3CC(CC(C3)C1)C2.CCC(C)(C)C(=O)OC1(C(C)C)C2CC3CC(C2)CC1C3.CCC(C)(C)C(=O)OC1CCOC1=O. The van der Waals surface area contributed by atoms with Crippen molar-refractivity contribution in [2.45, 2.75) is 308 Å². The number of amides is 4. The van der Waals surface area contributed by atoms with Crippen LogP contribution in [-0.2, 0) is 76.4 Å². The largest absolute Gasteiger partial charge is 0.463 e. The summed E-state index contributed by atoms with van der Waals surface area (Å²) in [6.45, 7) is 42.8. The summed E-state index contributed by atoms with van der Waals surface area (Å²) in [6, 6.07) is 0. The van der Waals surface area contributed by atoms with Gasteiger partial charge in [-0.3, -0.25) is 39.4 Å². The van der Waals surface area contributed by atoms with Crippen molar-refractivity contribution in [3.05, 3.63) is 36.5 Å². The molecule has 104 heavy (non-hydrogen) atoms. The number of imide groups is 2. The number of hydrogen-bond donors (Lipinski definition) is 2. The van der Waals surface area contributed by atoms with E-state index < -0.39 is 40.9 Å². The molecule has 18 rings (SSSR count). The zero-order chi connectivity index (χ0) is 76.6. The Bertz CT molecular complexity index is 3130. The second-order valence-corrected chi connectivity index (χ2v) is 38.1. The Labute approximate surface area is 622 Å². The number of rotatable bonds is 17. The van der Waals surface area contributed by atoms with Gasteiger partial charge in [0.2, 0.25) is 29.9 Å². The van der Waals surface area contributed by atoms with Gasteiger partial charge in [-0.25, -0.2) is 19.2 Å². The molecule has 2 aliphatic heterocycles. The predicted octanol–water partition coefficient (Wildman–Crippen LogP) is 16.2. The molecule has 0 aromatic heterocycles. The molecule has 4 amide bonds. The normalized spacial score (nSPS) is 36.3. The van der Waals surface area contributed by atoms with Crippen molar-refractivity contribution in [3.8, 4) is 0 Å². The first-order chi connectivity index (χ1) is 48.6. The number of esters is 6. The van der Waals surface area contributed by atoms with Crippen molar-refractivity contribution in [1.29, 1.82) is 0 Å². The molecule has 2 atom stereocenters. The van der Waals surface area contributed by atoms with Gasteiger partial charge in [-0.15, -0.1) is 0 Å². The average molecular weight is 1450 g/mol. The molecular weight excluding hydrogens is 1320 g/mol. The molecule has 18 fully saturated rings. The summed E-state index contributed by atoms with van der Waals surface area (Å²) in [5, 5.41) is 5.31. The topological polar surface area (TPSA) is 250 Å². The fraction of sp³-hybridized carbons (Fsp3) is 0.814. The minimum Gasteiger partial charge on any atom is -0.463 e. The van der Waals surface area contributed by atoms with Crippen LogP contribution in [-0.4, -0.2) is 96.1 Å². The molecular formula is C86H132N2O16. The van der Waals surface area contributed by atoms with Gasteiger partial charge in [-0.05, 0) is 304 Å². The highest BCUT2D eigenvalue weighted by atomic mass is 16.6. The van der Waals surface area contributed by atoms with Gasteiger partial charge in [-0.2, -0.15) is 0 Å². The van der Waals surface area contributed by atoms with E-state index in [1.54, 1.807) is 27.7 Å². The molecule has 2 heterocycles. The Kier molecular flexibility index (Phi) is 25.9. The molecule has 0 radical (unpaired) electrons. The minimum absolute atomic E-state index is 0.0307.